The molecule has 19 heavy (non-hydrogen) atoms. The third-order valence-electron chi connectivity index (χ3n) is 2.82. The van der Waals surface area contributed by atoms with Gasteiger partial charge in [0.2, 0.25) is 0 Å². The van der Waals surface area contributed by atoms with Crippen molar-refractivity contribution in [3.63, 3.8) is 0 Å². The zero-order valence-electron chi connectivity index (χ0n) is 10.4. The molecule has 0 radical (unpaired) electrons. The second-order valence-corrected chi connectivity index (χ2v) is 4.56. The summed E-state index contributed by atoms with van der Waals surface area (Å²) in [5, 5.41) is 3.42. The van der Waals surface area contributed by atoms with Gasteiger partial charge in [-0.25, -0.2) is 4.39 Å². The number of hydrogen-bond acceptors (Lipinski definition) is 2. The summed E-state index contributed by atoms with van der Waals surface area (Å²) in [5.74, 6) is -0.400. The highest BCUT2D eigenvalue weighted by molar-refractivity contribution is 6.31. The number of benzene rings is 2. The largest absolute Gasteiger partial charge is 0.380 e. The van der Waals surface area contributed by atoms with E-state index in [-0.39, 0.29) is 18.1 Å². The molecular formula is C15H13ClFNO. The molecule has 0 atom stereocenters. The molecule has 0 spiro atoms. The van der Waals surface area contributed by atoms with Crippen molar-refractivity contribution in [3.05, 3.63) is 64.4 Å². The second kappa shape index (κ2) is 5.85. The quantitative estimate of drug-likeness (QED) is 0.845. The Hall–Kier alpha value is -1.87. The summed E-state index contributed by atoms with van der Waals surface area (Å²) < 4.78 is 13.6. The highest BCUT2D eigenvalue weighted by Crippen LogP contribution is 2.22. The molecule has 0 bridgehead atoms. The molecule has 2 aromatic carbocycles. The fourth-order valence-electron chi connectivity index (χ4n) is 1.83. The molecule has 0 aliphatic rings. The van der Waals surface area contributed by atoms with Gasteiger partial charge < -0.3 is 5.32 Å². The van der Waals surface area contributed by atoms with Gasteiger partial charge in [0.05, 0.1) is 0 Å². The Morgan fingerprint density at radius 3 is 2.63 bits per heavy atom. The Morgan fingerprint density at radius 2 is 1.95 bits per heavy atom. The first-order valence-corrected chi connectivity index (χ1v) is 6.24. The molecule has 0 amide bonds. The van der Waals surface area contributed by atoms with Crippen LogP contribution in [0.15, 0.2) is 42.5 Å². The first-order valence-electron chi connectivity index (χ1n) is 5.86. The summed E-state index contributed by atoms with van der Waals surface area (Å²) in [6.45, 7) is 1.73. The molecule has 98 valence electrons. The van der Waals surface area contributed by atoms with Crippen molar-refractivity contribution >= 4 is 23.1 Å². The minimum atomic E-state index is -0.361. The third kappa shape index (κ3) is 3.12. The van der Waals surface area contributed by atoms with Gasteiger partial charge in [-0.2, -0.15) is 0 Å². The summed E-state index contributed by atoms with van der Waals surface area (Å²) in [4.78, 5) is 11.5. The Balaban J connectivity index is 2.22. The van der Waals surface area contributed by atoms with Crippen molar-refractivity contribution < 1.29 is 9.18 Å². The zero-order valence-corrected chi connectivity index (χ0v) is 11.2. The van der Waals surface area contributed by atoms with E-state index in [1.807, 2.05) is 6.07 Å². The van der Waals surface area contributed by atoms with E-state index in [9.17, 15) is 9.18 Å². The maximum atomic E-state index is 13.6. The van der Waals surface area contributed by atoms with Gasteiger partial charge in [-0.15, -0.1) is 0 Å². The Labute approximate surface area is 116 Å². The predicted octanol–water partition coefficient (Wildman–Crippen LogP) is 4.29. The fraction of sp³-hybridized carbons (Fsp3) is 0.133. The van der Waals surface area contributed by atoms with Crippen LogP contribution in [0.2, 0.25) is 5.02 Å². The highest BCUT2D eigenvalue weighted by atomic mass is 35.5. The smallest absolute Gasteiger partial charge is 0.161 e. The lowest BCUT2D eigenvalue weighted by molar-refractivity contribution is 0.101. The fourth-order valence-corrected chi connectivity index (χ4v) is 2.06. The van der Waals surface area contributed by atoms with Gasteiger partial charge in [0.15, 0.2) is 5.78 Å². The number of ketones is 1. The van der Waals surface area contributed by atoms with E-state index in [1.165, 1.54) is 13.0 Å². The molecule has 4 heteroatoms. The molecule has 0 unspecified atom stereocenters. The standard InChI is InChI=1S/C15H13ClFNO/c1-10(19)11-5-2-3-8-15(11)18-9-12-13(16)6-4-7-14(12)17/h2-8,18H,9H2,1H3. The van der Waals surface area contributed by atoms with Crippen LogP contribution >= 0.6 is 11.6 Å². The molecule has 0 saturated carbocycles. The van der Waals surface area contributed by atoms with E-state index < -0.39 is 0 Å². The van der Waals surface area contributed by atoms with Crippen molar-refractivity contribution in [2.75, 3.05) is 5.32 Å². The number of hydrogen-bond donors (Lipinski definition) is 1. The molecule has 0 aromatic heterocycles. The normalized spacial score (nSPS) is 10.3. The topological polar surface area (TPSA) is 29.1 Å². The van der Waals surface area contributed by atoms with Gasteiger partial charge in [0.1, 0.15) is 5.82 Å². The zero-order chi connectivity index (χ0) is 13.8. The summed E-state index contributed by atoms with van der Waals surface area (Å²) in [5.41, 5.74) is 1.65. The molecule has 0 aliphatic carbocycles. The van der Waals surface area contributed by atoms with Gasteiger partial charge in [-0.05, 0) is 31.2 Å². The first kappa shape index (κ1) is 13.6. The van der Waals surface area contributed by atoms with Crippen LogP contribution in [0.4, 0.5) is 10.1 Å². The third-order valence-corrected chi connectivity index (χ3v) is 3.18. The lowest BCUT2D eigenvalue weighted by atomic mass is 10.1. The first-order chi connectivity index (χ1) is 9.09. The number of para-hydroxylation sites is 1. The molecule has 0 heterocycles. The van der Waals surface area contributed by atoms with E-state index in [2.05, 4.69) is 5.32 Å². The van der Waals surface area contributed by atoms with Gasteiger partial charge in [0.25, 0.3) is 0 Å². The Morgan fingerprint density at radius 1 is 1.21 bits per heavy atom. The lowest BCUT2D eigenvalue weighted by Gasteiger charge is -2.11. The Kier molecular flexibility index (Phi) is 4.17. The van der Waals surface area contributed by atoms with Crippen LogP contribution < -0.4 is 5.32 Å². The summed E-state index contributed by atoms with van der Waals surface area (Å²) in [6.07, 6.45) is 0. The van der Waals surface area contributed by atoms with E-state index in [4.69, 9.17) is 11.6 Å². The van der Waals surface area contributed by atoms with Gasteiger partial charge in [-0.1, -0.05) is 29.8 Å². The number of nitrogens with one attached hydrogen (secondary N) is 1. The van der Waals surface area contributed by atoms with Crippen LogP contribution in [0.5, 0.6) is 0 Å². The SMILES string of the molecule is CC(=O)c1ccccc1NCc1c(F)cccc1Cl. The molecule has 0 saturated heterocycles. The molecule has 2 aromatic rings. The lowest BCUT2D eigenvalue weighted by Crippen LogP contribution is -2.06. The van der Waals surface area contributed by atoms with Gasteiger partial charge >= 0.3 is 0 Å². The van der Waals surface area contributed by atoms with Crippen LogP contribution in [0.1, 0.15) is 22.8 Å². The van der Waals surface area contributed by atoms with E-state index in [1.54, 1.807) is 30.3 Å². The number of anilines is 1. The number of carbonyl (C=O) groups excluding carboxylic acids is 1. The van der Waals surface area contributed by atoms with Crippen LogP contribution in [0.3, 0.4) is 0 Å². The summed E-state index contributed by atoms with van der Waals surface area (Å²) in [6, 6.07) is 11.7. The minimum absolute atomic E-state index is 0.0391. The highest BCUT2D eigenvalue weighted by Gasteiger charge is 2.09. The van der Waals surface area contributed by atoms with Crippen molar-refractivity contribution in [1.29, 1.82) is 0 Å². The number of Topliss-reactive ketones (excluding diaryl/α,β-unsaturated/α-hetero) is 1. The number of rotatable bonds is 4. The second-order valence-electron chi connectivity index (χ2n) is 4.16. The van der Waals surface area contributed by atoms with E-state index >= 15 is 0 Å². The van der Waals surface area contributed by atoms with Crippen LogP contribution in [-0.4, -0.2) is 5.78 Å². The summed E-state index contributed by atoms with van der Waals surface area (Å²) >= 11 is 5.95. The maximum Gasteiger partial charge on any atom is 0.161 e. The molecular weight excluding hydrogens is 265 g/mol. The van der Waals surface area contributed by atoms with Gasteiger partial charge in [-0.3, -0.25) is 4.79 Å². The van der Waals surface area contributed by atoms with Crippen LogP contribution in [0.25, 0.3) is 0 Å². The number of halogens is 2. The van der Waals surface area contributed by atoms with Crippen LogP contribution in [-0.2, 0) is 6.54 Å². The van der Waals surface area contributed by atoms with Crippen molar-refractivity contribution in [3.8, 4) is 0 Å². The van der Waals surface area contributed by atoms with Gasteiger partial charge in [0, 0.05) is 28.4 Å². The Bertz CT molecular complexity index is 593. The predicted molar refractivity (Wildman–Crippen MR) is 75.2 cm³/mol. The monoisotopic (exact) mass is 277 g/mol. The van der Waals surface area contributed by atoms with Crippen molar-refractivity contribution in [2.45, 2.75) is 13.5 Å². The molecule has 0 fully saturated rings. The maximum absolute atomic E-state index is 13.6. The van der Waals surface area contributed by atoms with Crippen molar-refractivity contribution in [2.24, 2.45) is 0 Å². The molecule has 2 nitrogen and oxygen atoms in total. The average molecular weight is 278 g/mol. The van der Waals surface area contributed by atoms with Crippen LogP contribution in [0, 0.1) is 5.82 Å². The molecule has 0 aliphatic heterocycles. The molecule has 1 N–H and O–H groups in total. The van der Waals surface area contributed by atoms with E-state index in [0.717, 1.165) is 0 Å². The average Bonchev–Trinajstić information content (AvgIpc) is 2.38. The number of carbonyl (C=O) groups is 1. The molecule has 2 rings (SSSR count). The summed E-state index contributed by atoms with van der Waals surface area (Å²) in [7, 11) is 0. The minimum Gasteiger partial charge on any atom is -0.380 e. The van der Waals surface area contributed by atoms with Crippen molar-refractivity contribution in [1.82, 2.24) is 0 Å². The van der Waals surface area contributed by atoms with E-state index in [0.29, 0.717) is 21.8 Å².